The molecule has 7 heteroatoms. The Kier molecular flexibility index (Phi) is 3.60. The van der Waals surface area contributed by atoms with Gasteiger partial charge in [-0.15, -0.1) is 0 Å². The number of fused-ring (bicyclic) bond motifs is 1. The van der Waals surface area contributed by atoms with Crippen molar-refractivity contribution < 1.29 is 4.79 Å². The summed E-state index contributed by atoms with van der Waals surface area (Å²) in [6, 6.07) is 0. The molecular formula is C13H19N5OS. The van der Waals surface area contributed by atoms with Gasteiger partial charge >= 0.3 is 0 Å². The fraction of sp³-hybridized carbons (Fsp3) is 0.615. The fourth-order valence-corrected chi connectivity index (χ4v) is 3.52. The first kappa shape index (κ1) is 13.4. The van der Waals surface area contributed by atoms with Gasteiger partial charge in [-0.1, -0.05) is 11.3 Å². The number of hydrogen-bond acceptors (Lipinski definition) is 5. The highest BCUT2D eigenvalue weighted by atomic mass is 32.1. The standard InChI is InChI=1S/C13H19N5OS/c1-9-11-12(17(2)16-9)15-13(20-11)14-6-5-10(19)18-7-3-4-8-18/h3-8H2,1-2H3,(H,14,15). The Bertz CT molecular complexity index is 592. The number of aromatic nitrogens is 3. The molecule has 3 heterocycles. The summed E-state index contributed by atoms with van der Waals surface area (Å²) < 4.78 is 2.91. The summed E-state index contributed by atoms with van der Waals surface area (Å²) in [6.07, 6.45) is 2.82. The molecule has 20 heavy (non-hydrogen) atoms. The molecule has 0 spiro atoms. The van der Waals surface area contributed by atoms with E-state index < -0.39 is 0 Å². The van der Waals surface area contributed by atoms with Crippen LogP contribution in [-0.4, -0.2) is 45.2 Å². The first-order valence-electron chi connectivity index (χ1n) is 6.97. The molecular weight excluding hydrogens is 274 g/mol. The molecule has 1 aliphatic rings. The molecule has 6 nitrogen and oxygen atoms in total. The summed E-state index contributed by atoms with van der Waals surface area (Å²) >= 11 is 1.60. The maximum absolute atomic E-state index is 11.9. The number of amides is 1. The number of aryl methyl sites for hydroxylation is 2. The molecule has 0 radical (unpaired) electrons. The molecule has 3 rings (SSSR count). The highest BCUT2D eigenvalue weighted by Crippen LogP contribution is 2.27. The molecule has 0 aromatic carbocycles. The van der Waals surface area contributed by atoms with E-state index in [-0.39, 0.29) is 5.91 Å². The van der Waals surface area contributed by atoms with Crippen LogP contribution in [0.4, 0.5) is 5.13 Å². The van der Waals surface area contributed by atoms with Crippen molar-refractivity contribution in [2.75, 3.05) is 25.0 Å². The topological polar surface area (TPSA) is 63.1 Å². The molecule has 1 aliphatic heterocycles. The number of thiazole rings is 1. The van der Waals surface area contributed by atoms with Gasteiger partial charge < -0.3 is 10.2 Å². The van der Waals surface area contributed by atoms with Crippen molar-refractivity contribution in [1.82, 2.24) is 19.7 Å². The number of nitrogens with zero attached hydrogens (tertiary/aromatic N) is 4. The third-order valence-corrected chi connectivity index (χ3v) is 4.73. The predicted molar refractivity (Wildman–Crippen MR) is 80.0 cm³/mol. The van der Waals surface area contributed by atoms with Gasteiger partial charge in [-0.25, -0.2) is 9.67 Å². The Labute approximate surface area is 121 Å². The molecule has 0 aliphatic carbocycles. The number of nitrogens with one attached hydrogen (secondary N) is 1. The molecule has 1 saturated heterocycles. The van der Waals surface area contributed by atoms with Crippen LogP contribution in [0.5, 0.6) is 0 Å². The van der Waals surface area contributed by atoms with Gasteiger partial charge in [0.15, 0.2) is 10.8 Å². The summed E-state index contributed by atoms with van der Waals surface area (Å²) in [7, 11) is 1.90. The van der Waals surface area contributed by atoms with E-state index >= 15 is 0 Å². The monoisotopic (exact) mass is 293 g/mol. The summed E-state index contributed by atoms with van der Waals surface area (Å²) in [4.78, 5) is 18.4. The average Bonchev–Trinajstić information content (AvgIpc) is 3.11. The van der Waals surface area contributed by atoms with Crippen LogP contribution in [0.3, 0.4) is 0 Å². The Morgan fingerprint density at radius 1 is 1.40 bits per heavy atom. The van der Waals surface area contributed by atoms with E-state index in [1.54, 1.807) is 16.0 Å². The SMILES string of the molecule is Cc1nn(C)c2nc(NCCC(=O)N3CCCC3)sc12. The fourth-order valence-electron chi connectivity index (χ4n) is 2.56. The van der Waals surface area contributed by atoms with Crippen molar-refractivity contribution in [2.45, 2.75) is 26.2 Å². The summed E-state index contributed by atoms with van der Waals surface area (Å²) in [6.45, 7) is 4.47. The van der Waals surface area contributed by atoms with Crippen LogP contribution in [0.1, 0.15) is 25.0 Å². The minimum absolute atomic E-state index is 0.244. The van der Waals surface area contributed by atoms with Gasteiger partial charge in [-0.2, -0.15) is 5.10 Å². The van der Waals surface area contributed by atoms with Crippen LogP contribution in [0.2, 0.25) is 0 Å². The third-order valence-electron chi connectivity index (χ3n) is 3.62. The lowest BCUT2D eigenvalue weighted by Gasteiger charge is -2.14. The van der Waals surface area contributed by atoms with Crippen molar-refractivity contribution in [3.8, 4) is 0 Å². The minimum Gasteiger partial charge on any atom is -0.361 e. The van der Waals surface area contributed by atoms with Crippen molar-refractivity contribution in [1.29, 1.82) is 0 Å². The first-order chi connectivity index (χ1) is 9.65. The van der Waals surface area contributed by atoms with Crippen LogP contribution >= 0.6 is 11.3 Å². The van der Waals surface area contributed by atoms with Gasteiger partial charge in [-0.3, -0.25) is 4.79 Å². The lowest BCUT2D eigenvalue weighted by atomic mass is 10.3. The molecule has 0 bridgehead atoms. The molecule has 108 valence electrons. The highest BCUT2D eigenvalue weighted by Gasteiger charge is 2.17. The molecule has 2 aromatic heterocycles. The average molecular weight is 293 g/mol. The van der Waals surface area contributed by atoms with E-state index in [0.717, 1.165) is 47.1 Å². The molecule has 0 atom stereocenters. The van der Waals surface area contributed by atoms with Crippen molar-refractivity contribution >= 4 is 32.7 Å². The predicted octanol–water partition coefficient (Wildman–Crippen LogP) is 1.76. The smallest absolute Gasteiger partial charge is 0.224 e. The van der Waals surface area contributed by atoms with Gasteiger partial charge in [0.2, 0.25) is 5.91 Å². The number of rotatable bonds is 4. The van der Waals surface area contributed by atoms with Crippen LogP contribution in [0.15, 0.2) is 0 Å². The number of hydrogen-bond donors (Lipinski definition) is 1. The van der Waals surface area contributed by atoms with Crippen LogP contribution in [0, 0.1) is 6.92 Å². The maximum Gasteiger partial charge on any atom is 0.224 e. The van der Waals surface area contributed by atoms with E-state index in [4.69, 9.17) is 0 Å². The van der Waals surface area contributed by atoms with E-state index in [1.807, 2.05) is 18.9 Å². The maximum atomic E-state index is 11.9. The molecule has 0 unspecified atom stereocenters. The van der Waals surface area contributed by atoms with Gasteiger partial charge in [0.1, 0.15) is 0 Å². The second-order valence-electron chi connectivity index (χ2n) is 5.15. The van der Waals surface area contributed by atoms with Gasteiger partial charge in [0.05, 0.1) is 10.4 Å². The van der Waals surface area contributed by atoms with E-state index in [0.29, 0.717) is 13.0 Å². The summed E-state index contributed by atoms with van der Waals surface area (Å²) in [5.74, 6) is 0.244. The number of anilines is 1. The zero-order valence-electron chi connectivity index (χ0n) is 11.8. The molecule has 1 amide bonds. The number of carbonyl (C=O) groups is 1. The van der Waals surface area contributed by atoms with Crippen LogP contribution < -0.4 is 5.32 Å². The normalized spacial score (nSPS) is 15.2. The third kappa shape index (κ3) is 2.49. The van der Waals surface area contributed by atoms with Crippen LogP contribution in [-0.2, 0) is 11.8 Å². The zero-order valence-corrected chi connectivity index (χ0v) is 12.7. The quantitative estimate of drug-likeness (QED) is 0.933. The van der Waals surface area contributed by atoms with Crippen molar-refractivity contribution in [3.05, 3.63) is 5.69 Å². The zero-order chi connectivity index (χ0) is 14.1. The molecule has 2 aromatic rings. The first-order valence-corrected chi connectivity index (χ1v) is 7.78. The molecule has 0 saturated carbocycles. The molecule has 1 N–H and O–H groups in total. The van der Waals surface area contributed by atoms with Crippen LogP contribution in [0.25, 0.3) is 10.3 Å². The van der Waals surface area contributed by atoms with Gasteiger partial charge in [0.25, 0.3) is 0 Å². The van der Waals surface area contributed by atoms with Crippen molar-refractivity contribution in [3.63, 3.8) is 0 Å². The Morgan fingerprint density at radius 3 is 2.85 bits per heavy atom. The lowest BCUT2D eigenvalue weighted by molar-refractivity contribution is -0.129. The van der Waals surface area contributed by atoms with E-state index in [9.17, 15) is 4.79 Å². The Morgan fingerprint density at radius 2 is 2.15 bits per heavy atom. The Hall–Kier alpha value is -1.63. The Balaban J connectivity index is 1.57. The largest absolute Gasteiger partial charge is 0.361 e. The lowest BCUT2D eigenvalue weighted by Crippen LogP contribution is -2.29. The summed E-state index contributed by atoms with van der Waals surface area (Å²) in [5, 5.41) is 8.44. The number of carbonyl (C=O) groups excluding carboxylic acids is 1. The van der Waals surface area contributed by atoms with Gasteiger partial charge in [-0.05, 0) is 19.8 Å². The van der Waals surface area contributed by atoms with Gasteiger partial charge in [0, 0.05) is 33.1 Å². The number of likely N-dealkylation sites (tertiary alicyclic amines) is 1. The second-order valence-corrected chi connectivity index (χ2v) is 6.14. The van der Waals surface area contributed by atoms with E-state index in [1.165, 1.54) is 0 Å². The van der Waals surface area contributed by atoms with Crippen molar-refractivity contribution in [2.24, 2.45) is 7.05 Å². The summed E-state index contributed by atoms with van der Waals surface area (Å²) in [5.41, 5.74) is 1.90. The molecule has 1 fully saturated rings. The minimum atomic E-state index is 0.244. The second kappa shape index (κ2) is 5.40. The van der Waals surface area contributed by atoms with E-state index in [2.05, 4.69) is 15.4 Å². The highest BCUT2D eigenvalue weighted by molar-refractivity contribution is 7.22.